The van der Waals surface area contributed by atoms with E-state index in [2.05, 4.69) is 10.3 Å². The number of anilines is 1. The van der Waals surface area contributed by atoms with Crippen molar-refractivity contribution in [3.05, 3.63) is 66.6 Å². The third-order valence-corrected chi connectivity index (χ3v) is 12.5. The largest absolute Gasteiger partial charge is 0.493 e. The highest BCUT2D eigenvalue weighted by Gasteiger charge is 2.69. The average molecular weight is 691 g/mol. The molecule has 3 heterocycles. The number of H-pyrrole nitrogens is 1. The van der Waals surface area contributed by atoms with E-state index in [1.807, 2.05) is 12.1 Å². The maximum absolute atomic E-state index is 13.4. The van der Waals surface area contributed by atoms with Gasteiger partial charge in [0, 0.05) is 21.7 Å². The molecule has 1 saturated heterocycles. The zero-order valence-electron chi connectivity index (χ0n) is 23.5. The number of aliphatic carboxylic acids is 1. The molecule has 2 saturated carbocycles. The third kappa shape index (κ3) is 5.00. The van der Waals surface area contributed by atoms with Crippen LogP contribution < -0.4 is 19.7 Å². The van der Waals surface area contributed by atoms with Gasteiger partial charge in [0.25, 0.3) is 5.91 Å². The maximum Gasteiger partial charge on any atom is 0.323 e. The molecule has 1 aromatic heterocycles. The van der Waals surface area contributed by atoms with Crippen molar-refractivity contribution in [3.8, 4) is 11.5 Å². The number of methoxy groups -OCH3 is 1. The molecule has 234 valence electrons. The molecule has 3 N–H and O–H groups in total. The molecule has 45 heavy (non-hydrogen) atoms. The molecule has 4 aliphatic rings. The van der Waals surface area contributed by atoms with Gasteiger partial charge < -0.3 is 24.9 Å². The summed E-state index contributed by atoms with van der Waals surface area (Å²) in [5, 5.41) is 13.4. The first-order valence-electron chi connectivity index (χ1n) is 14.1. The minimum atomic E-state index is -1.23. The number of aromatic amines is 1. The van der Waals surface area contributed by atoms with E-state index in [9.17, 15) is 29.1 Å². The predicted octanol–water partition coefficient (Wildman–Crippen LogP) is 4.33. The second kappa shape index (κ2) is 11.4. The van der Waals surface area contributed by atoms with E-state index in [-0.39, 0.29) is 40.4 Å². The molecular formula is C30H25Cl2N3O8S2. The van der Waals surface area contributed by atoms with Gasteiger partial charge in [0.2, 0.25) is 11.8 Å². The zero-order chi connectivity index (χ0) is 31.7. The van der Waals surface area contributed by atoms with Crippen LogP contribution in [0, 0.1) is 29.6 Å². The highest BCUT2D eigenvalue weighted by atomic mass is 35.5. The van der Waals surface area contributed by atoms with E-state index in [0.717, 1.165) is 31.7 Å². The summed E-state index contributed by atoms with van der Waals surface area (Å²) in [4.78, 5) is 67.7. The van der Waals surface area contributed by atoms with Crippen LogP contribution in [-0.2, 0) is 19.2 Å². The van der Waals surface area contributed by atoms with Gasteiger partial charge in [-0.2, -0.15) is 0 Å². The number of carbonyl (C=O) groups excluding carboxylic acids is 3. The Kier molecular flexibility index (Phi) is 7.62. The van der Waals surface area contributed by atoms with Crippen LogP contribution in [0.5, 0.6) is 11.5 Å². The Morgan fingerprint density at radius 2 is 1.80 bits per heavy atom. The number of aromatic nitrogens is 1. The number of hydrogen-bond acceptors (Lipinski definition) is 9. The Labute approximate surface area is 274 Å². The quantitative estimate of drug-likeness (QED) is 0.293. The number of thioether (sulfide) groups is 1. The molecule has 3 amide bonds. The topological polar surface area (TPSA) is 155 Å². The summed E-state index contributed by atoms with van der Waals surface area (Å²) in [7, 11) is 1.49. The molecule has 2 bridgehead atoms. The fraction of sp³-hybridized carbons (Fsp3) is 0.367. The zero-order valence-corrected chi connectivity index (χ0v) is 26.6. The summed E-state index contributed by atoms with van der Waals surface area (Å²) < 4.78 is 11.5. The lowest BCUT2D eigenvalue weighted by Crippen LogP contribution is -2.42. The SMILES string of the molecule is COc1cc([C@H]2c3sc(=O)[nH]c3SC3C4CC(C5C(=O)N(CC(=O)O)C(=O)C45)C32)ccc1OCC(=O)Nc1ccc(Cl)c(Cl)c1. The minimum absolute atomic E-state index is 0.0486. The van der Waals surface area contributed by atoms with Crippen LogP contribution >= 0.6 is 46.3 Å². The average Bonchev–Trinajstić information content (AvgIpc) is 3.74. The number of likely N-dealkylation sites (tertiary alicyclic amines) is 1. The van der Waals surface area contributed by atoms with Gasteiger partial charge in [-0.3, -0.25) is 28.9 Å². The Hall–Kier alpha value is -3.52. The molecule has 7 rings (SSSR count). The first-order valence-corrected chi connectivity index (χ1v) is 16.5. The van der Waals surface area contributed by atoms with Crippen molar-refractivity contribution < 1.29 is 33.8 Å². The number of ether oxygens (including phenoxy) is 2. The van der Waals surface area contributed by atoms with Crippen LogP contribution in [0.3, 0.4) is 0 Å². The number of imide groups is 1. The van der Waals surface area contributed by atoms with Gasteiger partial charge in [-0.05, 0) is 60.1 Å². The molecule has 2 aliphatic heterocycles. The van der Waals surface area contributed by atoms with Crippen molar-refractivity contribution in [1.29, 1.82) is 0 Å². The monoisotopic (exact) mass is 689 g/mol. The van der Waals surface area contributed by atoms with E-state index in [4.69, 9.17) is 32.7 Å². The number of rotatable bonds is 8. The summed E-state index contributed by atoms with van der Waals surface area (Å²) in [6, 6.07) is 10.1. The fourth-order valence-electron chi connectivity index (χ4n) is 7.65. The van der Waals surface area contributed by atoms with Crippen LogP contribution in [0.15, 0.2) is 46.2 Å². The number of benzene rings is 2. The highest BCUT2D eigenvalue weighted by molar-refractivity contribution is 8.00. The smallest absolute Gasteiger partial charge is 0.323 e. The first-order chi connectivity index (χ1) is 21.5. The van der Waals surface area contributed by atoms with Crippen LogP contribution in [0.25, 0.3) is 0 Å². The number of hydrogen-bond donors (Lipinski definition) is 3. The second-order valence-corrected chi connectivity index (χ2v) is 14.5. The lowest BCUT2D eigenvalue weighted by molar-refractivity contribution is -0.149. The number of nitrogens with zero attached hydrogens (tertiary/aromatic N) is 1. The summed E-state index contributed by atoms with van der Waals surface area (Å²) in [5.41, 5.74) is 1.31. The minimum Gasteiger partial charge on any atom is -0.493 e. The molecule has 3 aromatic rings. The van der Waals surface area contributed by atoms with Gasteiger partial charge in [0.15, 0.2) is 18.1 Å². The molecule has 6 unspecified atom stereocenters. The summed E-state index contributed by atoms with van der Waals surface area (Å²) >= 11 is 14.6. The number of nitrogens with one attached hydrogen (secondary N) is 2. The van der Waals surface area contributed by atoms with Gasteiger partial charge in [-0.1, -0.05) is 40.6 Å². The Morgan fingerprint density at radius 3 is 2.51 bits per heavy atom. The standard InChI is InChI=1S/C30H25Cl2N3O8S2/c1-42-18-6-11(2-5-17(18)43-10-19(36)33-12-3-4-15(31)16(32)7-12)21-22-13-8-14(25(22)44-27-26(21)45-30(41)34-27)24-23(13)28(39)35(29(24)40)9-20(37)38/h2-7,13-14,21-25H,8-10H2,1H3,(H,33,36)(H,34,41)(H,37,38)/t13?,14?,21-,22?,23?,24?,25?/m1/s1. The van der Waals surface area contributed by atoms with Crippen LogP contribution in [0.1, 0.15) is 22.8 Å². The van der Waals surface area contributed by atoms with E-state index in [1.54, 1.807) is 30.0 Å². The van der Waals surface area contributed by atoms with Gasteiger partial charge in [0.05, 0.1) is 34.0 Å². The molecule has 2 aliphatic carbocycles. The van der Waals surface area contributed by atoms with Crippen molar-refractivity contribution in [2.45, 2.75) is 22.6 Å². The molecule has 11 nitrogen and oxygen atoms in total. The fourth-order valence-corrected chi connectivity index (χ4v) is 10.8. The second-order valence-electron chi connectivity index (χ2n) is 11.5. The summed E-state index contributed by atoms with van der Waals surface area (Å²) in [5.74, 6) is -3.52. The normalized spacial score (nSPS) is 27.6. The van der Waals surface area contributed by atoms with Crippen molar-refractivity contribution in [3.63, 3.8) is 0 Å². The molecular weight excluding hydrogens is 665 g/mol. The van der Waals surface area contributed by atoms with Crippen LogP contribution in [-0.4, -0.2) is 64.2 Å². The maximum atomic E-state index is 13.4. The van der Waals surface area contributed by atoms with Gasteiger partial charge in [-0.25, -0.2) is 0 Å². The number of fused-ring (bicyclic) bond motifs is 9. The summed E-state index contributed by atoms with van der Waals surface area (Å²) in [6.45, 7) is -0.944. The number of amides is 3. The van der Waals surface area contributed by atoms with Crippen molar-refractivity contribution >= 4 is 75.7 Å². The lowest BCUT2D eigenvalue weighted by atomic mass is 9.68. The lowest BCUT2D eigenvalue weighted by Gasteiger charge is -2.43. The van der Waals surface area contributed by atoms with E-state index in [1.165, 1.54) is 13.2 Å². The number of thiazole rings is 1. The Balaban J connectivity index is 1.16. The molecule has 0 spiro atoms. The number of halogens is 2. The molecule has 15 heteroatoms. The predicted molar refractivity (Wildman–Crippen MR) is 166 cm³/mol. The van der Waals surface area contributed by atoms with Crippen molar-refractivity contribution in [1.82, 2.24) is 9.88 Å². The molecule has 7 atom stereocenters. The van der Waals surface area contributed by atoms with E-state index >= 15 is 0 Å². The molecule has 3 fully saturated rings. The van der Waals surface area contributed by atoms with Gasteiger partial charge in [0.1, 0.15) is 6.54 Å². The van der Waals surface area contributed by atoms with Gasteiger partial charge in [-0.15, -0.1) is 11.8 Å². The van der Waals surface area contributed by atoms with Crippen LogP contribution in [0.2, 0.25) is 10.0 Å². The number of carboxylic acid groups (broad SMARTS) is 1. The van der Waals surface area contributed by atoms with Crippen molar-refractivity contribution in [2.24, 2.45) is 29.6 Å². The third-order valence-electron chi connectivity index (χ3n) is 9.22. The van der Waals surface area contributed by atoms with Crippen LogP contribution in [0.4, 0.5) is 5.69 Å². The van der Waals surface area contributed by atoms with Gasteiger partial charge >= 0.3 is 10.8 Å². The first kappa shape index (κ1) is 30.2. The Morgan fingerprint density at radius 1 is 1.04 bits per heavy atom. The summed E-state index contributed by atoms with van der Waals surface area (Å²) in [6.07, 6.45) is 0.679. The van der Waals surface area contributed by atoms with E-state index < -0.39 is 42.1 Å². The van der Waals surface area contributed by atoms with Crippen molar-refractivity contribution in [2.75, 3.05) is 25.6 Å². The molecule has 2 aromatic carbocycles. The number of carbonyl (C=O) groups is 4. The molecule has 0 radical (unpaired) electrons. The number of carboxylic acids is 1. The highest BCUT2D eigenvalue weighted by Crippen LogP contribution is 2.68. The van der Waals surface area contributed by atoms with E-state index in [0.29, 0.717) is 33.7 Å². The Bertz CT molecular complexity index is 1830.